The Bertz CT molecular complexity index is 394. The lowest BCUT2D eigenvalue weighted by Gasteiger charge is -2.10. The van der Waals surface area contributed by atoms with Gasteiger partial charge >= 0.3 is 0 Å². The lowest BCUT2D eigenvalue weighted by Crippen LogP contribution is -2.37. The highest BCUT2D eigenvalue weighted by Crippen LogP contribution is 1.98. The number of hydrogen-bond donors (Lipinski definition) is 2. The van der Waals surface area contributed by atoms with E-state index in [0.717, 1.165) is 50.7 Å². The molecule has 0 aliphatic carbocycles. The van der Waals surface area contributed by atoms with Gasteiger partial charge in [-0.3, -0.25) is 4.68 Å². The first-order valence-electron chi connectivity index (χ1n) is 7.33. The van der Waals surface area contributed by atoms with Gasteiger partial charge in [0.15, 0.2) is 5.96 Å². The number of guanidine groups is 1. The van der Waals surface area contributed by atoms with E-state index in [0.29, 0.717) is 6.54 Å². The summed E-state index contributed by atoms with van der Waals surface area (Å²) in [6.45, 7) is 8.12. The Morgan fingerprint density at radius 3 is 2.76 bits per heavy atom. The van der Waals surface area contributed by atoms with Crippen molar-refractivity contribution >= 4 is 29.9 Å². The highest BCUT2D eigenvalue weighted by atomic mass is 127. The average molecular weight is 409 g/mol. The normalized spacial score (nSPS) is 11.1. The standard InChI is InChI=1S/C14H27N5O.HI/c1-4-15-14(16-8-6-7-9-20-5-2)17-10-13-11-18-19(3)12-13;/h11-12H,4-10H2,1-3H3,(H2,15,16,17);1H. The molecule has 2 N–H and O–H groups in total. The van der Waals surface area contributed by atoms with Crippen LogP contribution in [-0.2, 0) is 18.3 Å². The van der Waals surface area contributed by atoms with Gasteiger partial charge in [0.1, 0.15) is 0 Å². The predicted octanol–water partition coefficient (Wildman–Crippen LogP) is 1.91. The molecule has 0 radical (unpaired) electrons. The van der Waals surface area contributed by atoms with Gasteiger partial charge in [0.25, 0.3) is 0 Å². The van der Waals surface area contributed by atoms with Gasteiger partial charge in [0.2, 0.25) is 0 Å². The largest absolute Gasteiger partial charge is 0.382 e. The Labute approximate surface area is 144 Å². The number of halogens is 1. The molecule has 0 unspecified atom stereocenters. The summed E-state index contributed by atoms with van der Waals surface area (Å²) in [6, 6.07) is 0. The van der Waals surface area contributed by atoms with E-state index in [2.05, 4.69) is 27.6 Å². The monoisotopic (exact) mass is 409 g/mol. The van der Waals surface area contributed by atoms with Gasteiger partial charge in [-0.05, 0) is 26.7 Å². The first kappa shape index (κ1) is 20.2. The molecule has 0 aliphatic rings. The van der Waals surface area contributed by atoms with Crippen LogP contribution in [0, 0.1) is 0 Å². The summed E-state index contributed by atoms with van der Waals surface area (Å²) >= 11 is 0. The highest BCUT2D eigenvalue weighted by Gasteiger charge is 1.98. The van der Waals surface area contributed by atoms with Gasteiger partial charge in [-0.1, -0.05) is 0 Å². The van der Waals surface area contributed by atoms with Crippen LogP contribution in [0.2, 0.25) is 0 Å². The fourth-order valence-electron chi connectivity index (χ4n) is 1.75. The van der Waals surface area contributed by atoms with Crippen LogP contribution in [-0.4, -0.2) is 42.0 Å². The van der Waals surface area contributed by atoms with E-state index in [1.165, 1.54) is 0 Å². The first-order chi connectivity index (χ1) is 9.76. The first-order valence-corrected chi connectivity index (χ1v) is 7.33. The summed E-state index contributed by atoms with van der Waals surface area (Å²) in [4.78, 5) is 4.54. The van der Waals surface area contributed by atoms with Crippen LogP contribution in [0.15, 0.2) is 17.4 Å². The van der Waals surface area contributed by atoms with Crippen molar-refractivity contribution in [2.24, 2.45) is 12.0 Å². The zero-order chi connectivity index (χ0) is 14.6. The molecule has 21 heavy (non-hydrogen) atoms. The lowest BCUT2D eigenvalue weighted by molar-refractivity contribution is 0.143. The van der Waals surface area contributed by atoms with Gasteiger partial charge in [-0.15, -0.1) is 24.0 Å². The Hall–Kier alpha value is -0.830. The van der Waals surface area contributed by atoms with Crippen LogP contribution in [0.3, 0.4) is 0 Å². The molecule has 0 aliphatic heterocycles. The van der Waals surface area contributed by atoms with Crippen molar-refractivity contribution < 1.29 is 4.74 Å². The highest BCUT2D eigenvalue weighted by molar-refractivity contribution is 14.0. The van der Waals surface area contributed by atoms with Crippen LogP contribution >= 0.6 is 24.0 Å². The predicted molar refractivity (Wildman–Crippen MR) is 97.2 cm³/mol. The molecule has 0 aromatic carbocycles. The van der Waals surface area contributed by atoms with Crippen molar-refractivity contribution in [3.63, 3.8) is 0 Å². The third kappa shape index (κ3) is 9.67. The van der Waals surface area contributed by atoms with E-state index in [1.807, 2.05) is 26.4 Å². The number of rotatable bonds is 9. The van der Waals surface area contributed by atoms with Gasteiger partial charge in [0, 0.05) is 45.1 Å². The number of aryl methyl sites for hydroxylation is 1. The molecule has 0 spiro atoms. The fraction of sp³-hybridized carbons (Fsp3) is 0.714. The molecule has 122 valence electrons. The van der Waals surface area contributed by atoms with Crippen molar-refractivity contribution in [2.45, 2.75) is 33.2 Å². The maximum absolute atomic E-state index is 5.31. The zero-order valence-corrected chi connectivity index (χ0v) is 15.6. The van der Waals surface area contributed by atoms with Crippen LogP contribution in [0.1, 0.15) is 32.3 Å². The van der Waals surface area contributed by atoms with E-state index >= 15 is 0 Å². The summed E-state index contributed by atoms with van der Waals surface area (Å²) in [6.07, 6.45) is 5.98. The van der Waals surface area contributed by atoms with Crippen molar-refractivity contribution in [1.29, 1.82) is 0 Å². The van der Waals surface area contributed by atoms with E-state index in [-0.39, 0.29) is 24.0 Å². The minimum absolute atomic E-state index is 0. The van der Waals surface area contributed by atoms with E-state index in [1.54, 1.807) is 4.68 Å². The Kier molecular flexibility index (Phi) is 12.4. The van der Waals surface area contributed by atoms with E-state index in [4.69, 9.17) is 4.74 Å². The van der Waals surface area contributed by atoms with Crippen LogP contribution < -0.4 is 10.6 Å². The van der Waals surface area contributed by atoms with Crippen molar-refractivity contribution in [3.8, 4) is 0 Å². The van der Waals surface area contributed by atoms with Crippen molar-refractivity contribution in [2.75, 3.05) is 26.3 Å². The number of unbranched alkanes of at least 4 members (excludes halogenated alkanes) is 1. The van der Waals surface area contributed by atoms with Crippen LogP contribution in [0.5, 0.6) is 0 Å². The third-order valence-corrected chi connectivity index (χ3v) is 2.73. The Morgan fingerprint density at radius 2 is 2.14 bits per heavy atom. The van der Waals surface area contributed by atoms with Crippen LogP contribution in [0.4, 0.5) is 0 Å². The molecule has 0 amide bonds. The van der Waals surface area contributed by atoms with Crippen molar-refractivity contribution in [3.05, 3.63) is 18.0 Å². The summed E-state index contributed by atoms with van der Waals surface area (Å²) in [5.41, 5.74) is 1.11. The summed E-state index contributed by atoms with van der Waals surface area (Å²) in [7, 11) is 1.91. The summed E-state index contributed by atoms with van der Waals surface area (Å²) in [5.74, 6) is 0.854. The molecule has 1 heterocycles. The fourth-order valence-corrected chi connectivity index (χ4v) is 1.75. The molecule has 0 bridgehead atoms. The minimum Gasteiger partial charge on any atom is -0.382 e. The molecule has 7 heteroatoms. The zero-order valence-electron chi connectivity index (χ0n) is 13.3. The van der Waals surface area contributed by atoms with Gasteiger partial charge < -0.3 is 15.4 Å². The molecule has 0 atom stereocenters. The molecular formula is C14H28IN5O. The summed E-state index contributed by atoms with van der Waals surface area (Å²) in [5, 5.41) is 10.7. The maximum atomic E-state index is 5.31. The number of nitrogens with zero attached hydrogens (tertiary/aromatic N) is 3. The molecule has 0 fully saturated rings. The number of nitrogens with one attached hydrogen (secondary N) is 2. The SMILES string of the molecule is CCNC(=NCc1cnn(C)c1)NCCCCOCC.I. The second-order valence-corrected chi connectivity index (χ2v) is 4.55. The number of aromatic nitrogens is 2. The third-order valence-electron chi connectivity index (χ3n) is 2.73. The second kappa shape index (κ2) is 12.9. The summed E-state index contributed by atoms with van der Waals surface area (Å²) < 4.78 is 7.10. The second-order valence-electron chi connectivity index (χ2n) is 4.55. The molecule has 0 saturated carbocycles. The molecule has 0 saturated heterocycles. The van der Waals surface area contributed by atoms with E-state index < -0.39 is 0 Å². The lowest BCUT2D eigenvalue weighted by atomic mass is 10.3. The molecule has 6 nitrogen and oxygen atoms in total. The molecule has 1 aromatic rings. The Morgan fingerprint density at radius 1 is 1.33 bits per heavy atom. The molecular weight excluding hydrogens is 381 g/mol. The average Bonchev–Trinajstić information content (AvgIpc) is 2.85. The van der Waals surface area contributed by atoms with E-state index in [9.17, 15) is 0 Å². The van der Waals surface area contributed by atoms with Crippen molar-refractivity contribution in [1.82, 2.24) is 20.4 Å². The number of aliphatic imine (C=N–C) groups is 1. The maximum Gasteiger partial charge on any atom is 0.191 e. The van der Waals surface area contributed by atoms with Crippen LogP contribution in [0.25, 0.3) is 0 Å². The quantitative estimate of drug-likeness (QED) is 0.283. The smallest absolute Gasteiger partial charge is 0.191 e. The number of ether oxygens (including phenoxy) is 1. The van der Waals surface area contributed by atoms with Gasteiger partial charge in [0.05, 0.1) is 12.7 Å². The van der Waals surface area contributed by atoms with Gasteiger partial charge in [-0.25, -0.2) is 4.99 Å². The van der Waals surface area contributed by atoms with Gasteiger partial charge in [-0.2, -0.15) is 5.10 Å². The molecule has 1 aromatic heterocycles. The topological polar surface area (TPSA) is 63.5 Å². The number of hydrogen-bond acceptors (Lipinski definition) is 3. The minimum atomic E-state index is 0. The Balaban J connectivity index is 0.00000400. The molecule has 1 rings (SSSR count).